The number of rotatable bonds is 13. The van der Waals surface area contributed by atoms with Gasteiger partial charge in [-0.05, 0) is 116 Å². The Balaban J connectivity index is 0.811. The van der Waals surface area contributed by atoms with Crippen LogP contribution < -0.4 is 0 Å². The quantitative estimate of drug-likeness (QED) is 0.0513. The summed E-state index contributed by atoms with van der Waals surface area (Å²) < 4.78 is 59.3. The summed E-state index contributed by atoms with van der Waals surface area (Å²) in [6.07, 6.45) is -29.3. The van der Waals surface area contributed by atoms with Gasteiger partial charge in [0.2, 0.25) is 6.29 Å². The molecule has 5 heterocycles. The van der Waals surface area contributed by atoms with Gasteiger partial charge in [-0.15, -0.1) is 0 Å². The molecule has 5 aliphatic carbocycles. The third kappa shape index (κ3) is 11.2. The fourth-order valence-electron chi connectivity index (χ4n) is 17.5. The zero-order valence-electron chi connectivity index (χ0n) is 49.8. The van der Waals surface area contributed by atoms with Gasteiger partial charge < -0.3 is 124 Å². The van der Waals surface area contributed by atoms with E-state index in [-0.39, 0.29) is 46.0 Å². The van der Waals surface area contributed by atoms with Gasteiger partial charge in [-0.1, -0.05) is 60.1 Å². The van der Waals surface area contributed by atoms with Crippen LogP contribution in [0.4, 0.5) is 0 Å². The highest BCUT2D eigenvalue weighted by Crippen LogP contribution is 2.76. The van der Waals surface area contributed by atoms with E-state index in [2.05, 4.69) is 54.5 Å². The summed E-state index contributed by atoms with van der Waals surface area (Å²) in [4.78, 5) is 15.1. The third-order valence-electron chi connectivity index (χ3n) is 23.1. The van der Waals surface area contributed by atoms with E-state index in [1.807, 2.05) is 0 Å². The van der Waals surface area contributed by atoms with Crippen LogP contribution in [0.1, 0.15) is 120 Å². The normalized spacial score (nSPS) is 54.1. The molecule has 4 saturated carbocycles. The van der Waals surface area contributed by atoms with Crippen molar-refractivity contribution in [3.05, 3.63) is 11.6 Å². The SMILES string of the molecule is C[C@@H]1O[C@@H](O[C@H]2[C@H](O[C@H]3CO[C@@H](O[C@H]4CC[C@]5(C)[C@H]6CC=C7[C@@H]8CC(C)(C)CC[C@]8(C(=O)O[C@@H]8O[C@H](CO[C@@H]9O[C@H](CO)[C@@H](O)[C@H](O)[C@H]9O)[C@@H](O)[C@H](O)[C@H]8O)CC[C@@]7(C)[C@]6(C)CC[C@H]5C4(C)C)[C@H](O)[C@H]3O)O[C@H](CO)[C@@H](O)[C@@H]2O)[C@H](O)[C@H](O)[C@H]1O. The number of hydrogen-bond donors (Lipinski definition) is 15. The molecule has 488 valence electrons. The van der Waals surface area contributed by atoms with Gasteiger partial charge in [-0.3, -0.25) is 4.79 Å². The average molecular weight is 1220 g/mol. The lowest BCUT2D eigenvalue weighted by molar-refractivity contribution is -0.382. The van der Waals surface area contributed by atoms with Crippen molar-refractivity contribution in [1.82, 2.24) is 0 Å². The minimum Gasteiger partial charge on any atom is -0.432 e. The molecule has 0 aromatic heterocycles. The highest BCUT2D eigenvalue weighted by Gasteiger charge is 2.70. The van der Waals surface area contributed by atoms with Crippen molar-refractivity contribution in [2.24, 2.45) is 50.2 Å². The van der Waals surface area contributed by atoms with E-state index in [4.69, 9.17) is 47.4 Å². The molecule has 5 saturated heterocycles. The molecule has 0 spiro atoms. The van der Waals surface area contributed by atoms with Crippen molar-refractivity contribution in [1.29, 1.82) is 0 Å². The molecule has 0 bridgehead atoms. The second kappa shape index (κ2) is 24.4. The molecule has 9 fully saturated rings. The highest BCUT2D eigenvalue weighted by molar-refractivity contribution is 5.79. The Hall–Kier alpha value is -1.75. The standard InChI is InChI=1S/C59H96O26/c1-24-34(62)39(67)45(73)50(78-24)84-47-42(70)36(64)28(21-61)80-52(47)82-30-23-77-49(43(71)38(30)66)83-33-12-13-56(6)31(55(33,4)5)11-14-58(8)32(56)10-9-25-26-19-54(2,3)15-17-59(26,18-16-57(25,58)7)53(75)85-51-46(74)41(69)37(65)29(81-51)22-76-48-44(72)40(68)35(63)27(20-60)79-48/h9,24,26-52,60-74H,10-23H2,1-8H3/t24-,26-,27+,28+,29+,30-,31-,32+,33-,34-,35+,36+,37+,38-,39+,40-,41-,42-,43+,44+,45+,46+,47+,48+,49-,50-,51-,52-,56-,57+,58+,59-/m0/s1. The second-order valence-corrected chi connectivity index (χ2v) is 28.7. The van der Waals surface area contributed by atoms with E-state index in [9.17, 15) is 76.6 Å². The minimum absolute atomic E-state index is 0.141. The number of aliphatic hydroxyl groups is 15. The van der Waals surface area contributed by atoms with Gasteiger partial charge in [0.15, 0.2) is 25.2 Å². The van der Waals surface area contributed by atoms with Crippen LogP contribution in [0, 0.1) is 50.2 Å². The van der Waals surface area contributed by atoms with Crippen molar-refractivity contribution in [3.63, 3.8) is 0 Å². The number of aliphatic hydroxyl groups excluding tert-OH is 15. The van der Waals surface area contributed by atoms with Crippen LogP contribution in [0.3, 0.4) is 0 Å². The molecule has 32 atom stereocenters. The van der Waals surface area contributed by atoms with E-state index < -0.39 is 190 Å². The smallest absolute Gasteiger partial charge is 0.315 e. The van der Waals surface area contributed by atoms with E-state index in [0.29, 0.717) is 32.1 Å². The summed E-state index contributed by atoms with van der Waals surface area (Å²) in [5.74, 6) is -0.459. The van der Waals surface area contributed by atoms with Gasteiger partial charge in [0.25, 0.3) is 0 Å². The van der Waals surface area contributed by atoms with Crippen molar-refractivity contribution in [2.45, 2.75) is 273 Å². The molecular weight excluding hydrogens is 1120 g/mol. The van der Waals surface area contributed by atoms with E-state index in [1.54, 1.807) is 0 Å². The van der Waals surface area contributed by atoms with E-state index in [0.717, 1.165) is 32.1 Å². The maximum Gasteiger partial charge on any atom is 0.315 e. The Morgan fingerprint density at radius 3 is 1.80 bits per heavy atom. The van der Waals surface area contributed by atoms with Crippen LogP contribution in [0.2, 0.25) is 0 Å². The Labute approximate surface area is 494 Å². The number of hydrogen-bond acceptors (Lipinski definition) is 26. The maximum absolute atomic E-state index is 15.1. The number of esters is 1. The predicted molar refractivity (Wildman–Crippen MR) is 288 cm³/mol. The highest BCUT2D eigenvalue weighted by atomic mass is 16.8. The van der Waals surface area contributed by atoms with Gasteiger partial charge in [-0.25, -0.2) is 0 Å². The van der Waals surface area contributed by atoms with Gasteiger partial charge in [0, 0.05) is 0 Å². The Bertz CT molecular complexity index is 2360. The molecule has 0 aromatic rings. The summed E-state index contributed by atoms with van der Waals surface area (Å²) in [7, 11) is 0. The van der Waals surface area contributed by atoms with E-state index in [1.165, 1.54) is 12.5 Å². The van der Waals surface area contributed by atoms with Crippen molar-refractivity contribution in [3.8, 4) is 0 Å². The summed E-state index contributed by atoms with van der Waals surface area (Å²) in [5.41, 5.74) is -1.14. The summed E-state index contributed by atoms with van der Waals surface area (Å²) in [6.45, 7) is 15.0. The lowest BCUT2D eigenvalue weighted by atomic mass is 9.33. The molecular formula is C59H96O26. The van der Waals surface area contributed by atoms with Crippen LogP contribution >= 0.6 is 0 Å². The molecule has 0 radical (unpaired) electrons. The molecule has 10 rings (SSSR count). The van der Waals surface area contributed by atoms with Crippen LogP contribution in [-0.2, 0) is 52.2 Å². The average Bonchev–Trinajstić information content (AvgIpc) is 0.683. The molecule has 26 nitrogen and oxygen atoms in total. The predicted octanol–water partition coefficient (Wildman–Crippen LogP) is -2.54. The monoisotopic (exact) mass is 1220 g/mol. The molecule has 26 heteroatoms. The summed E-state index contributed by atoms with van der Waals surface area (Å²) >= 11 is 0. The minimum atomic E-state index is -1.84. The van der Waals surface area contributed by atoms with Gasteiger partial charge in [0.1, 0.15) is 110 Å². The van der Waals surface area contributed by atoms with Crippen molar-refractivity contribution in [2.75, 3.05) is 26.4 Å². The van der Waals surface area contributed by atoms with Gasteiger partial charge in [0.05, 0.1) is 44.1 Å². The first-order valence-corrected chi connectivity index (χ1v) is 30.6. The fraction of sp³-hybridized carbons (Fsp3) is 0.949. The van der Waals surface area contributed by atoms with Crippen LogP contribution in [0.15, 0.2) is 11.6 Å². The Morgan fingerprint density at radius 2 is 1.13 bits per heavy atom. The van der Waals surface area contributed by atoms with Gasteiger partial charge >= 0.3 is 5.97 Å². The van der Waals surface area contributed by atoms with Crippen LogP contribution in [0.25, 0.3) is 0 Å². The van der Waals surface area contributed by atoms with Crippen LogP contribution in [-0.4, -0.2) is 263 Å². The Kier molecular flexibility index (Phi) is 19.0. The molecule has 0 unspecified atom stereocenters. The summed E-state index contributed by atoms with van der Waals surface area (Å²) in [6, 6.07) is 0. The summed E-state index contributed by atoms with van der Waals surface area (Å²) in [5, 5.41) is 161. The maximum atomic E-state index is 15.1. The number of fused-ring (bicyclic) bond motifs is 7. The zero-order valence-corrected chi connectivity index (χ0v) is 49.8. The number of carbonyl (C=O) groups is 1. The molecule has 0 aromatic carbocycles. The molecule has 0 amide bonds. The van der Waals surface area contributed by atoms with Gasteiger partial charge in [-0.2, -0.15) is 0 Å². The molecule has 5 aliphatic heterocycles. The first kappa shape index (κ1) is 66.2. The third-order valence-corrected chi connectivity index (χ3v) is 23.1. The first-order chi connectivity index (χ1) is 39.8. The number of allylic oxidation sites excluding steroid dienone is 2. The number of ether oxygens (including phenoxy) is 10. The molecule has 15 N–H and O–H groups in total. The second-order valence-electron chi connectivity index (χ2n) is 28.7. The largest absolute Gasteiger partial charge is 0.432 e. The van der Waals surface area contributed by atoms with Crippen LogP contribution in [0.5, 0.6) is 0 Å². The fourth-order valence-corrected chi connectivity index (χ4v) is 17.5. The molecule has 85 heavy (non-hydrogen) atoms. The van der Waals surface area contributed by atoms with Crippen molar-refractivity contribution < 1.29 is 129 Å². The van der Waals surface area contributed by atoms with E-state index >= 15 is 4.79 Å². The zero-order chi connectivity index (χ0) is 62.0. The lowest BCUT2D eigenvalue weighted by Gasteiger charge is -2.71. The lowest BCUT2D eigenvalue weighted by Crippen LogP contribution is -2.66. The Morgan fingerprint density at radius 1 is 0.553 bits per heavy atom. The topological polar surface area (TPSA) is 413 Å². The van der Waals surface area contributed by atoms with Crippen molar-refractivity contribution >= 4 is 5.97 Å². The first-order valence-electron chi connectivity index (χ1n) is 30.6. The number of carbonyl (C=O) groups excluding carboxylic acids is 1. The molecule has 10 aliphatic rings.